The average Bonchev–Trinajstić information content (AvgIpc) is 3.25. The molecule has 6 heteroatoms. The van der Waals surface area contributed by atoms with E-state index >= 15 is 0 Å². The van der Waals surface area contributed by atoms with Crippen molar-refractivity contribution in [2.24, 2.45) is 5.92 Å². The molecular formula is C21H29N3O3. The highest BCUT2D eigenvalue weighted by Crippen LogP contribution is 2.31. The number of fused-ring (bicyclic) bond motifs is 1. The number of carbonyl (C=O) groups is 1. The summed E-state index contributed by atoms with van der Waals surface area (Å²) in [5.41, 5.74) is 1.95. The Morgan fingerprint density at radius 1 is 1.15 bits per heavy atom. The van der Waals surface area contributed by atoms with Crippen LogP contribution >= 0.6 is 0 Å². The first-order valence-corrected chi connectivity index (χ1v) is 10.3. The van der Waals surface area contributed by atoms with Gasteiger partial charge in [-0.25, -0.2) is 9.59 Å². The molecule has 1 saturated heterocycles. The van der Waals surface area contributed by atoms with E-state index < -0.39 is 5.97 Å². The van der Waals surface area contributed by atoms with E-state index in [9.17, 15) is 14.7 Å². The Balaban J connectivity index is 1.78. The highest BCUT2D eigenvalue weighted by molar-refractivity contribution is 5.92. The topological polar surface area (TPSA) is 67.5 Å². The zero-order chi connectivity index (χ0) is 19.0. The molecule has 6 nitrogen and oxygen atoms in total. The second kappa shape index (κ2) is 7.50. The van der Waals surface area contributed by atoms with Crippen molar-refractivity contribution in [1.29, 1.82) is 0 Å². The summed E-state index contributed by atoms with van der Waals surface area (Å²) in [7, 11) is 0. The second-order valence-electron chi connectivity index (χ2n) is 8.11. The quantitative estimate of drug-likeness (QED) is 0.875. The second-order valence-corrected chi connectivity index (χ2v) is 8.11. The van der Waals surface area contributed by atoms with Crippen molar-refractivity contribution in [1.82, 2.24) is 14.0 Å². The third kappa shape index (κ3) is 3.43. The lowest BCUT2D eigenvalue weighted by Gasteiger charge is -2.23. The fourth-order valence-corrected chi connectivity index (χ4v) is 4.89. The summed E-state index contributed by atoms with van der Waals surface area (Å²) in [6, 6.07) is 5.38. The van der Waals surface area contributed by atoms with Crippen LogP contribution in [0.3, 0.4) is 0 Å². The summed E-state index contributed by atoms with van der Waals surface area (Å²) < 4.78 is 3.80. The van der Waals surface area contributed by atoms with E-state index in [4.69, 9.17) is 0 Å². The normalized spacial score (nSPS) is 21.9. The molecule has 1 saturated carbocycles. The summed E-state index contributed by atoms with van der Waals surface area (Å²) in [5.74, 6) is -0.499. The highest BCUT2D eigenvalue weighted by atomic mass is 16.4. The maximum absolute atomic E-state index is 13.4. The minimum Gasteiger partial charge on any atom is -0.478 e. The first-order valence-electron chi connectivity index (χ1n) is 10.3. The summed E-state index contributed by atoms with van der Waals surface area (Å²) in [4.78, 5) is 27.3. The number of carboxylic acids is 1. The van der Waals surface area contributed by atoms with Crippen molar-refractivity contribution in [3.8, 4) is 0 Å². The molecule has 2 heterocycles. The van der Waals surface area contributed by atoms with Gasteiger partial charge in [0.2, 0.25) is 0 Å². The molecule has 1 aliphatic carbocycles. The predicted octanol–water partition coefficient (Wildman–Crippen LogP) is 3.35. The van der Waals surface area contributed by atoms with E-state index in [-0.39, 0.29) is 17.3 Å². The molecule has 2 aliphatic rings. The summed E-state index contributed by atoms with van der Waals surface area (Å²) in [6.45, 7) is 5.98. The number of hydrogen-bond donors (Lipinski definition) is 1. The Morgan fingerprint density at radius 3 is 2.59 bits per heavy atom. The van der Waals surface area contributed by atoms with Crippen LogP contribution in [0.15, 0.2) is 23.0 Å². The van der Waals surface area contributed by atoms with Crippen LogP contribution in [-0.2, 0) is 6.54 Å². The zero-order valence-electron chi connectivity index (χ0n) is 16.1. The van der Waals surface area contributed by atoms with E-state index in [1.807, 2.05) is 15.2 Å². The van der Waals surface area contributed by atoms with Crippen molar-refractivity contribution in [2.45, 2.75) is 58.0 Å². The van der Waals surface area contributed by atoms with Gasteiger partial charge < -0.3 is 10.0 Å². The molecule has 146 valence electrons. The van der Waals surface area contributed by atoms with Crippen LogP contribution < -0.4 is 5.69 Å². The van der Waals surface area contributed by atoms with E-state index in [1.165, 1.54) is 6.42 Å². The fraction of sp³-hybridized carbons (Fsp3) is 0.619. The number of rotatable bonds is 5. The van der Waals surface area contributed by atoms with Crippen LogP contribution in [0.1, 0.15) is 61.8 Å². The summed E-state index contributed by atoms with van der Waals surface area (Å²) in [6.07, 6.45) is 6.71. The van der Waals surface area contributed by atoms with Gasteiger partial charge >= 0.3 is 11.7 Å². The number of nitrogens with zero attached hydrogens (tertiary/aromatic N) is 3. The van der Waals surface area contributed by atoms with Gasteiger partial charge in [0.1, 0.15) is 0 Å². The third-order valence-electron chi connectivity index (χ3n) is 6.41. The molecule has 1 N–H and O–H groups in total. The third-order valence-corrected chi connectivity index (χ3v) is 6.41. The molecule has 1 aromatic heterocycles. The monoisotopic (exact) mass is 371 g/mol. The summed E-state index contributed by atoms with van der Waals surface area (Å²) in [5, 5.41) is 9.41. The van der Waals surface area contributed by atoms with Crippen LogP contribution in [0.4, 0.5) is 0 Å². The van der Waals surface area contributed by atoms with Gasteiger partial charge in [-0.3, -0.25) is 9.13 Å². The molecule has 4 rings (SSSR count). The smallest absolute Gasteiger partial charge is 0.335 e. The number of likely N-dealkylation sites (tertiary alicyclic amines) is 1. The van der Waals surface area contributed by atoms with E-state index in [1.54, 1.807) is 12.1 Å². The van der Waals surface area contributed by atoms with Gasteiger partial charge in [0, 0.05) is 19.1 Å². The first kappa shape index (κ1) is 18.3. The number of carboxylic acid groups (broad SMARTS) is 1. The molecule has 1 aromatic carbocycles. The standard InChI is InChI=1S/C21H29N3O3/c1-2-22-11-10-15(13-22)14-23-19-12-16(20(25)26)8-9-18(19)24(21(23)27)17-6-4-3-5-7-17/h8-9,12,15,17H,2-7,10-11,13-14H2,1H3,(H,25,26)/t15-/m0/s1. The molecular weight excluding hydrogens is 342 g/mol. The zero-order valence-corrected chi connectivity index (χ0v) is 16.1. The van der Waals surface area contributed by atoms with Gasteiger partial charge in [0.05, 0.1) is 16.6 Å². The van der Waals surface area contributed by atoms with Crippen LogP contribution in [0, 0.1) is 5.92 Å². The maximum Gasteiger partial charge on any atom is 0.335 e. The average molecular weight is 371 g/mol. The largest absolute Gasteiger partial charge is 0.478 e. The highest BCUT2D eigenvalue weighted by Gasteiger charge is 2.27. The summed E-state index contributed by atoms with van der Waals surface area (Å²) >= 11 is 0. The van der Waals surface area contributed by atoms with Gasteiger partial charge in [-0.1, -0.05) is 26.2 Å². The van der Waals surface area contributed by atoms with Crippen LogP contribution in [-0.4, -0.2) is 44.7 Å². The van der Waals surface area contributed by atoms with E-state index in [2.05, 4.69) is 11.8 Å². The van der Waals surface area contributed by atoms with Gasteiger partial charge in [0.15, 0.2) is 0 Å². The number of hydrogen-bond acceptors (Lipinski definition) is 3. The molecule has 1 atom stereocenters. The number of aromatic carboxylic acids is 1. The Labute approximate surface area is 159 Å². The predicted molar refractivity (Wildman–Crippen MR) is 106 cm³/mol. The van der Waals surface area contributed by atoms with Crippen LogP contribution in [0.25, 0.3) is 11.0 Å². The Bertz CT molecular complexity index is 892. The fourth-order valence-electron chi connectivity index (χ4n) is 4.89. The molecule has 2 aromatic rings. The van der Waals surface area contributed by atoms with Crippen molar-refractivity contribution >= 4 is 17.0 Å². The Kier molecular flexibility index (Phi) is 5.08. The number of imidazole rings is 1. The van der Waals surface area contributed by atoms with Gasteiger partial charge in [-0.2, -0.15) is 0 Å². The Hall–Kier alpha value is -2.08. The van der Waals surface area contributed by atoms with Gasteiger partial charge in [-0.05, 0) is 56.5 Å². The first-order chi connectivity index (χ1) is 13.1. The van der Waals surface area contributed by atoms with Crippen LogP contribution in [0.5, 0.6) is 0 Å². The molecule has 0 unspecified atom stereocenters. The van der Waals surface area contributed by atoms with Crippen molar-refractivity contribution in [2.75, 3.05) is 19.6 Å². The minimum absolute atomic E-state index is 0.0365. The lowest BCUT2D eigenvalue weighted by atomic mass is 9.95. The molecule has 0 radical (unpaired) electrons. The van der Waals surface area contributed by atoms with Crippen molar-refractivity contribution < 1.29 is 9.90 Å². The van der Waals surface area contributed by atoms with Gasteiger partial charge in [-0.15, -0.1) is 0 Å². The Morgan fingerprint density at radius 2 is 1.93 bits per heavy atom. The lowest BCUT2D eigenvalue weighted by Crippen LogP contribution is -2.31. The van der Waals surface area contributed by atoms with Crippen LogP contribution in [0.2, 0.25) is 0 Å². The molecule has 27 heavy (non-hydrogen) atoms. The lowest BCUT2D eigenvalue weighted by molar-refractivity contribution is 0.0697. The molecule has 2 fully saturated rings. The molecule has 1 aliphatic heterocycles. The maximum atomic E-state index is 13.4. The molecule has 0 bridgehead atoms. The molecule has 0 spiro atoms. The minimum atomic E-state index is -0.945. The van der Waals surface area contributed by atoms with E-state index in [0.717, 1.165) is 62.8 Å². The number of aromatic nitrogens is 2. The van der Waals surface area contributed by atoms with E-state index in [0.29, 0.717) is 12.5 Å². The molecule has 0 amide bonds. The van der Waals surface area contributed by atoms with Gasteiger partial charge in [0.25, 0.3) is 0 Å². The SMILES string of the molecule is CCN1CC[C@H](Cn2c(=O)n(C3CCCCC3)c3ccc(C(=O)O)cc32)C1. The van der Waals surface area contributed by atoms with Crippen molar-refractivity contribution in [3.05, 3.63) is 34.2 Å². The van der Waals surface area contributed by atoms with Crippen molar-refractivity contribution in [3.63, 3.8) is 0 Å². The number of benzene rings is 1.